The minimum atomic E-state index is -3.99. The number of sulfonamides is 1. The van der Waals surface area contributed by atoms with Gasteiger partial charge in [-0.15, -0.1) is 0 Å². The van der Waals surface area contributed by atoms with Gasteiger partial charge in [-0.25, -0.2) is 8.42 Å². The Labute approximate surface area is 151 Å². The van der Waals surface area contributed by atoms with Gasteiger partial charge in [0, 0.05) is 12.1 Å². The Morgan fingerprint density at radius 3 is 2.04 bits per heavy atom. The molecule has 0 spiro atoms. The van der Waals surface area contributed by atoms with Crippen LogP contribution in [0.4, 0.5) is 5.69 Å². The third-order valence-electron chi connectivity index (χ3n) is 3.38. The Morgan fingerprint density at radius 2 is 1.48 bits per heavy atom. The van der Waals surface area contributed by atoms with Gasteiger partial charge in [-0.1, -0.05) is 11.6 Å². The van der Waals surface area contributed by atoms with Crippen LogP contribution in [0.25, 0.3) is 0 Å². The second kappa shape index (κ2) is 7.71. The van der Waals surface area contributed by atoms with E-state index in [1.54, 1.807) is 6.07 Å². The lowest BCUT2D eigenvalue weighted by atomic mass is 10.3. The van der Waals surface area contributed by atoms with E-state index in [-0.39, 0.29) is 27.1 Å². The van der Waals surface area contributed by atoms with E-state index in [4.69, 9.17) is 30.5 Å². The second-order valence-electron chi connectivity index (χ2n) is 4.81. The topological polar surface area (TPSA) is 83.1 Å². The van der Waals surface area contributed by atoms with Crippen molar-refractivity contribution in [1.29, 1.82) is 0 Å². The van der Waals surface area contributed by atoms with Gasteiger partial charge in [-0.2, -0.15) is 0 Å². The van der Waals surface area contributed by atoms with E-state index in [2.05, 4.69) is 4.72 Å². The van der Waals surface area contributed by atoms with Crippen molar-refractivity contribution in [3.05, 3.63) is 35.4 Å². The molecule has 0 aliphatic rings. The molecule has 0 amide bonds. The number of benzene rings is 2. The molecule has 9 heteroatoms. The fourth-order valence-electron chi connectivity index (χ4n) is 2.13. The Kier molecular flexibility index (Phi) is 5.86. The van der Waals surface area contributed by atoms with E-state index in [0.717, 1.165) is 0 Å². The average molecular weight is 388 g/mol. The summed E-state index contributed by atoms with van der Waals surface area (Å²) < 4.78 is 48.6. The van der Waals surface area contributed by atoms with E-state index in [1.807, 2.05) is 0 Å². The monoisotopic (exact) mass is 387 g/mol. The van der Waals surface area contributed by atoms with E-state index in [0.29, 0.717) is 11.5 Å². The maximum absolute atomic E-state index is 12.8. The van der Waals surface area contributed by atoms with Gasteiger partial charge in [0.05, 0.1) is 39.1 Å². The molecule has 25 heavy (non-hydrogen) atoms. The van der Waals surface area contributed by atoms with Crippen LogP contribution < -0.4 is 23.7 Å². The number of nitrogens with one attached hydrogen (secondary N) is 1. The van der Waals surface area contributed by atoms with Crippen molar-refractivity contribution >= 4 is 27.3 Å². The number of anilines is 1. The van der Waals surface area contributed by atoms with Crippen LogP contribution in [-0.2, 0) is 10.0 Å². The van der Waals surface area contributed by atoms with E-state index >= 15 is 0 Å². The Hall–Kier alpha value is -2.32. The summed E-state index contributed by atoms with van der Waals surface area (Å²) in [5.74, 6) is 1.17. The molecule has 2 rings (SSSR count). The van der Waals surface area contributed by atoms with Crippen molar-refractivity contribution < 1.29 is 27.4 Å². The molecule has 2 aromatic carbocycles. The fraction of sp³-hybridized carbons (Fsp3) is 0.250. The lowest BCUT2D eigenvalue weighted by Crippen LogP contribution is -2.15. The Balaban J connectivity index is 2.51. The van der Waals surface area contributed by atoms with Gasteiger partial charge in [0.25, 0.3) is 10.0 Å². The van der Waals surface area contributed by atoms with Gasteiger partial charge < -0.3 is 18.9 Å². The van der Waals surface area contributed by atoms with E-state index in [9.17, 15) is 8.42 Å². The van der Waals surface area contributed by atoms with Crippen LogP contribution in [0, 0.1) is 0 Å². The summed E-state index contributed by atoms with van der Waals surface area (Å²) in [6, 6.07) is 7.36. The Bertz CT molecular complexity index is 869. The smallest absolute Gasteiger partial charge is 0.265 e. The molecule has 0 unspecified atom stereocenters. The number of halogens is 1. The molecular weight excluding hydrogens is 370 g/mol. The zero-order chi connectivity index (χ0) is 18.6. The van der Waals surface area contributed by atoms with Crippen molar-refractivity contribution in [2.45, 2.75) is 4.90 Å². The molecule has 0 aromatic heterocycles. The molecule has 2 aromatic rings. The minimum absolute atomic E-state index is 0.0802. The van der Waals surface area contributed by atoms with Crippen LogP contribution in [0.15, 0.2) is 35.2 Å². The molecule has 0 heterocycles. The summed E-state index contributed by atoms with van der Waals surface area (Å²) in [6.07, 6.45) is 0. The van der Waals surface area contributed by atoms with Crippen LogP contribution >= 0.6 is 11.6 Å². The van der Waals surface area contributed by atoms with Gasteiger partial charge in [0.1, 0.15) is 27.9 Å². The highest BCUT2D eigenvalue weighted by atomic mass is 35.5. The van der Waals surface area contributed by atoms with Crippen LogP contribution in [0.1, 0.15) is 0 Å². The summed E-state index contributed by atoms with van der Waals surface area (Å²) in [7, 11) is 1.69. The molecule has 0 atom stereocenters. The van der Waals surface area contributed by atoms with Crippen molar-refractivity contribution in [1.82, 2.24) is 0 Å². The van der Waals surface area contributed by atoms with Crippen molar-refractivity contribution in [2.24, 2.45) is 0 Å². The first-order valence-electron chi connectivity index (χ1n) is 7.02. The second-order valence-corrected chi connectivity index (χ2v) is 6.87. The van der Waals surface area contributed by atoms with Crippen LogP contribution in [-0.4, -0.2) is 36.9 Å². The molecule has 0 aliphatic heterocycles. The average Bonchev–Trinajstić information content (AvgIpc) is 2.61. The first kappa shape index (κ1) is 19.0. The predicted octanol–water partition coefficient (Wildman–Crippen LogP) is 3.18. The first-order valence-corrected chi connectivity index (χ1v) is 8.88. The summed E-state index contributed by atoms with van der Waals surface area (Å²) in [5, 5.41) is 0.235. The zero-order valence-electron chi connectivity index (χ0n) is 14.1. The number of methoxy groups -OCH3 is 4. The molecular formula is C16H18ClNO6S. The standard InChI is InChI=1S/C16H18ClNO6S/c1-21-10-5-6-13(22-2)16(7-10)25(19,20)18-12-8-11(17)14(23-3)9-15(12)24-4/h5-9,18H,1-4H3. The third kappa shape index (κ3) is 4.02. The molecule has 0 bridgehead atoms. The van der Waals surface area contributed by atoms with E-state index < -0.39 is 10.0 Å². The minimum Gasteiger partial charge on any atom is -0.497 e. The largest absolute Gasteiger partial charge is 0.497 e. The molecule has 0 radical (unpaired) electrons. The summed E-state index contributed by atoms with van der Waals surface area (Å²) in [4.78, 5) is -0.0802. The maximum atomic E-state index is 12.8. The van der Waals surface area contributed by atoms with Crippen LogP contribution in [0.2, 0.25) is 5.02 Å². The molecule has 0 aliphatic carbocycles. The molecule has 7 nitrogen and oxygen atoms in total. The first-order chi connectivity index (χ1) is 11.9. The fourth-order valence-corrected chi connectivity index (χ4v) is 3.62. The highest BCUT2D eigenvalue weighted by Crippen LogP contribution is 2.38. The molecule has 0 saturated carbocycles. The van der Waals surface area contributed by atoms with Gasteiger partial charge in [0.2, 0.25) is 0 Å². The normalized spacial score (nSPS) is 10.9. The quantitative estimate of drug-likeness (QED) is 0.785. The van der Waals surface area contributed by atoms with Crippen LogP contribution in [0.3, 0.4) is 0 Å². The van der Waals surface area contributed by atoms with Gasteiger partial charge in [0.15, 0.2) is 0 Å². The Morgan fingerprint density at radius 1 is 0.840 bits per heavy atom. The van der Waals surface area contributed by atoms with Crippen LogP contribution in [0.5, 0.6) is 23.0 Å². The highest BCUT2D eigenvalue weighted by molar-refractivity contribution is 7.92. The molecule has 0 fully saturated rings. The number of rotatable bonds is 7. The SMILES string of the molecule is COc1ccc(OC)c(S(=O)(=O)Nc2cc(Cl)c(OC)cc2OC)c1. The number of hydrogen-bond donors (Lipinski definition) is 1. The maximum Gasteiger partial charge on any atom is 0.265 e. The lowest BCUT2D eigenvalue weighted by molar-refractivity contribution is 0.392. The van der Waals surface area contributed by atoms with Gasteiger partial charge >= 0.3 is 0 Å². The van der Waals surface area contributed by atoms with Gasteiger partial charge in [-0.05, 0) is 18.2 Å². The molecule has 136 valence electrons. The molecule has 1 N–H and O–H groups in total. The predicted molar refractivity (Wildman–Crippen MR) is 94.9 cm³/mol. The van der Waals surface area contributed by atoms with Crippen molar-refractivity contribution in [2.75, 3.05) is 33.2 Å². The van der Waals surface area contributed by atoms with E-state index in [1.165, 1.54) is 52.7 Å². The number of ether oxygens (including phenoxy) is 4. The summed E-state index contributed by atoms with van der Waals surface area (Å²) in [6.45, 7) is 0. The highest BCUT2D eigenvalue weighted by Gasteiger charge is 2.23. The lowest BCUT2D eigenvalue weighted by Gasteiger charge is -2.16. The summed E-state index contributed by atoms with van der Waals surface area (Å²) in [5.41, 5.74) is 0.165. The van der Waals surface area contributed by atoms with Crippen molar-refractivity contribution in [3.8, 4) is 23.0 Å². The molecule has 0 saturated heterocycles. The zero-order valence-corrected chi connectivity index (χ0v) is 15.7. The van der Waals surface area contributed by atoms with Crippen molar-refractivity contribution in [3.63, 3.8) is 0 Å². The third-order valence-corrected chi connectivity index (χ3v) is 5.06. The van der Waals surface area contributed by atoms with Gasteiger partial charge in [-0.3, -0.25) is 4.72 Å². The summed E-state index contributed by atoms with van der Waals surface area (Å²) >= 11 is 6.08. The number of hydrogen-bond acceptors (Lipinski definition) is 6.